The van der Waals surface area contributed by atoms with Crippen molar-refractivity contribution in [2.75, 3.05) is 14.2 Å². The van der Waals surface area contributed by atoms with Gasteiger partial charge >= 0.3 is 5.97 Å². The number of rotatable bonds is 5. The van der Waals surface area contributed by atoms with Gasteiger partial charge in [-0.05, 0) is 23.8 Å². The fraction of sp³-hybridized carbons (Fsp3) is 0.200. The smallest absolute Gasteiger partial charge is 0.339 e. The first-order chi connectivity index (χ1) is 9.74. The SMILES string of the molecule is COC(=O)c1ccncc1SCc1ccc(OC)cc1. The van der Waals surface area contributed by atoms with Gasteiger partial charge in [-0.3, -0.25) is 4.98 Å². The lowest BCUT2D eigenvalue weighted by molar-refractivity contribution is 0.0596. The summed E-state index contributed by atoms with van der Waals surface area (Å²) in [4.78, 5) is 16.5. The summed E-state index contributed by atoms with van der Waals surface area (Å²) < 4.78 is 9.88. The molecule has 0 fully saturated rings. The second kappa shape index (κ2) is 6.96. The first-order valence-electron chi connectivity index (χ1n) is 6.02. The predicted molar refractivity (Wildman–Crippen MR) is 78.1 cm³/mol. The molecule has 0 aliphatic heterocycles. The van der Waals surface area contributed by atoms with E-state index in [-0.39, 0.29) is 5.97 Å². The summed E-state index contributed by atoms with van der Waals surface area (Å²) in [5, 5.41) is 0. The van der Waals surface area contributed by atoms with Crippen molar-refractivity contribution in [2.24, 2.45) is 0 Å². The average molecular weight is 289 g/mol. The second-order valence-electron chi connectivity index (χ2n) is 4.00. The van der Waals surface area contributed by atoms with Crippen molar-refractivity contribution in [3.05, 3.63) is 53.9 Å². The number of benzene rings is 1. The highest BCUT2D eigenvalue weighted by molar-refractivity contribution is 7.98. The molecule has 0 N–H and O–H groups in total. The molecule has 104 valence electrons. The Morgan fingerprint density at radius 1 is 1.20 bits per heavy atom. The van der Waals surface area contributed by atoms with Crippen LogP contribution < -0.4 is 4.74 Å². The number of esters is 1. The molecule has 0 bridgehead atoms. The Morgan fingerprint density at radius 2 is 1.95 bits per heavy atom. The van der Waals surface area contributed by atoms with E-state index < -0.39 is 0 Å². The zero-order valence-corrected chi connectivity index (χ0v) is 12.1. The minimum Gasteiger partial charge on any atom is -0.497 e. The van der Waals surface area contributed by atoms with E-state index >= 15 is 0 Å². The Hall–Kier alpha value is -2.01. The molecule has 4 nitrogen and oxygen atoms in total. The molecule has 0 amide bonds. The van der Waals surface area contributed by atoms with E-state index in [0.29, 0.717) is 5.56 Å². The fourth-order valence-corrected chi connectivity index (χ4v) is 2.61. The highest BCUT2D eigenvalue weighted by atomic mass is 32.2. The van der Waals surface area contributed by atoms with Gasteiger partial charge < -0.3 is 9.47 Å². The number of carbonyl (C=O) groups is 1. The summed E-state index contributed by atoms with van der Waals surface area (Å²) >= 11 is 1.55. The van der Waals surface area contributed by atoms with E-state index in [4.69, 9.17) is 9.47 Å². The summed E-state index contributed by atoms with van der Waals surface area (Å²) in [5.41, 5.74) is 1.69. The van der Waals surface area contributed by atoms with Gasteiger partial charge in [0, 0.05) is 23.0 Å². The first kappa shape index (κ1) is 14.4. The van der Waals surface area contributed by atoms with Crippen molar-refractivity contribution in [2.45, 2.75) is 10.6 Å². The number of aromatic nitrogens is 1. The van der Waals surface area contributed by atoms with Crippen LogP contribution >= 0.6 is 11.8 Å². The Labute approximate surface area is 122 Å². The van der Waals surface area contributed by atoms with Crippen LogP contribution in [0.4, 0.5) is 0 Å². The molecule has 2 rings (SSSR count). The van der Waals surface area contributed by atoms with E-state index in [0.717, 1.165) is 22.0 Å². The van der Waals surface area contributed by atoms with E-state index in [1.807, 2.05) is 24.3 Å². The molecule has 1 heterocycles. The van der Waals surface area contributed by atoms with Gasteiger partial charge in [0.25, 0.3) is 0 Å². The maximum atomic E-state index is 11.6. The summed E-state index contributed by atoms with van der Waals surface area (Å²) in [5.74, 6) is 1.24. The fourth-order valence-electron chi connectivity index (χ4n) is 1.66. The molecule has 1 aromatic heterocycles. The molecule has 0 saturated carbocycles. The van der Waals surface area contributed by atoms with Crippen LogP contribution in [0.5, 0.6) is 5.75 Å². The van der Waals surface area contributed by atoms with Gasteiger partial charge in [-0.2, -0.15) is 0 Å². The van der Waals surface area contributed by atoms with Crippen LogP contribution in [-0.4, -0.2) is 25.2 Å². The number of pyridine rings is 1. The van der Waals surface area contributed by atoms with Crippen LogP contribution in [0.3, 0.4) is 0 Å². The lowest BCUT2D eigenvalue weighted by Gasteiger charge is -2.07. The Morgan fingerprint density at radius 3 is 2.60 bits per heavy atom. The van der Waals surface area contributed by atoms with Crippen LogP contribution in [0.25, 0.3) is 0 Å². The quantitative estimate of drug-likeness (QED) is 0.625. The van der Waals surface area contributed by atoms with E-state index in [1.54, 1.807) is 37.3 Å². The zero-order valence-electron chi connectivity index (χ0n) is 11.3. The maximum absolute atomic E-state index is 11.6. The summed E-state index contributed by atoms with van der Waals surface area (Å²) in [6, 6.07) is 9.50. The third-order valence-corrected chi connectivity index (χ3v) is 3.86. The number of ether oxygens (including phenoxy) is 2. The number of carbonyl (C=O) groups excluding carboxylic acids is 1. The van der Waals surface area contributed by atoms with Gasteiger partial charge in [0.2, 0.25) is 0 Å². The van der Waals surface area contributed by atoms with Gasteiger partial charge in [0.15, 0.2) is 0 Å². The van der Waals surface area contributed by atoms with Crippen LogP contribution in [0, 0.1) is 0 Å². The Kier molecular flexibility index (Phi) is 5.01. The zero-order chi connectivity index (χ0) is 14.4. The average Bonchev–Trinajstić information content (AvgIpc) is 2.53. The van der Waals surface area contributed by atoms with Gasteiger partial charge in [-0.25, -0.2) is 4.79 Å². The second-order valence-corrected chi connectivity index (χ2v) is 5.02. The largest absolute Gasteiger partial charge is 0.497 e. The number of hydrogen-bond acceptors (Lipinski definition) is 5. The predicted octanol–water partition coefficient (Wildman–Crippen LogP) is 3.17. The van der Waals surface area contributed by atoms with Gasteiger partial charge in [-0.1, -0.05) is 12.1 Å². The van der Waals surface area contributed by atoms with Crippen molar-refractivity contribution < 1.29 is 14.3 Å². The Balaban J connectivity index is 2.08. The van der Waals surface area contributed by atoms with E-state index in [2.05, 4.69) is 4.98 Å². The molecule has 20 heavy (non-hydrogen) atoms. The molecule has 0 unspecified atom stereocenters. The highest BCUT2D eigenvalue weighted by Crippen LogP contribution is 2.26. The topological polar surface area (TPSA) is 48.4 Å². The molecule has 2 aromatic rings. The molecule has 0 saturated heterocycles. The summed E-state index contributed by atoms with van der Waals surface area (Å²) in [6.07, 6.45) is 3.27. The van der Waals surface area contributed by atoms with Crippen molar-refractivity contribution >= 4 is 17.7 Å². The third kappa shape index (κ3) is 3.51. The van der Waals surface area contributed by atoms with Gasteiger partial charge in [0.1, 0.15) is 5.75 Å². The highest BCUT2D eigenvalue weighted by Gasteiger charge is 2.11. The molecular formula is C15H15NO3S. The van der Waals surface area contributed by atoms with Crippen LogP contribution in [0.1, 0.15) is 15.9 Å². The van der Waals surface area contributed by atoms with Gasteiger partial charge in [0.05, 0.1) is 19.8 Å². The molecular weight excluding hydrogens is 274 g/mol. The molecule has 0 atom stereocenters. The van der Waals surface area contributed by atoms with Crippen molar-refractivity contribution in [3.63, 3.8) is 0 Å². The van der Waals surface area contributed by atoms with Gasteiger partial charge in [-0.15, -0.1) is 11.8 Å². The van der Waals surface area contributed by atoms with E-state index in [1.165, 1.54) is 7.11 Å². The van der Waals surface area contributed by atoms with E-state index in [9.17, 15) is 4.79 Å². The molecule has 0 spiro atoms. The molecule has 0 radical (unpaired) electrons. The number of thioether (sulfide) groups is 1. The Bertz CT molecular complexity index is 584. The maximum Gasteiger partial charge on any atom is 0.339 e. The van der Waals surface area contributed by atoms with Crippen LogP contribution in [-0.2, 0) is 10.5 Å². The van der Waals surface area contributed by atoms with Crippen molar-refractivity contribution in [3.8, 4) is 5.75 Å². The number of nitrogens with zero attached hydrogens (tertiary/aromatic N) is 1. The van der Waals surface area contributed by atoms with Crippen LogP contribution in [0.2, 0.25) is 0 Å². The minimum atomic E-state index is -0.343. The monoisotopic (exact) mass is 289 g/mol. The summed E-state index contributed by atoms with van der Waals surface area (Å²) in [6.45, 7) is 0. The minimum absolute atomic E-state index is 0.343. The third-order valence-electron chi connectivity index (χ3n) is 2.74. The normalized spacial score (nSPS) is 10.1. The molecule has 5 heteroatoms. The van der Waals surface area contributed by atoms with Crippen molar-refractivity contribution in [1.29, 1.82) is 0 Å². The van der Waals surface area contributed by atoms with Crippen LogP contribution in [0.15, 0.2) is 47.6 Å². The standard InChI is InChI=1S/C15H15NO3S/c1-18-12-5-3-11(4-6-12)10-20-14-9-16-8-7-13(14)15(17)19-2/h3-9H,10H2,1-2H3. The number of methoxy groups -OCH3 is 2. The lowest BCUT2D eigenvalue weighted by Crippen LogP contribution is -2.03. The first-order valence-corrected chi connectivity index (χ1v) is 7.01. The molecule has 0 aliphatic carbocycles. The molecule has 1 aromatic carbocycles. The molecule has 0 aliphatic rings. The lowest BCUT2D eigenvalue weighted by atomic mass is 10.2. The van der Waals surface area contributed by atoms with Crippen molar-refractivity contribution in [1.82, 2.24) is 4.98 Å². The number of hydrogen-bond donors (Lipinski definition) is 0. The summed E-state index contributed by atoms with van der Waals surface area (Å²) in [7, 11) is 3.02.